The van der Waals surface area contributed by atoms with Gasteiger partial charge >= 0.3 is 0 Å². The van der Waals surface area contributed by atoms with Crippen molar-refractivity contribution in [3.05, 3.63) is 78.4 Å². The molecule has 0 fully saturated rings. The molecule has 0 saturated heterocycles. The maximum absolute atomic E-state index is 13.1. The Morgan fingerprint density at radius 2 is 1.84 bits per heavy atom. The molecule has 0 aromatic heterocycles. The second kappa shape index (κ2) is 7.14. The van der Waals surface area contributed by atoms with Gasteiger partial charge in [0.25, 0.3) is 0 Å². The molecule has 1 aliphatic heterocycles. The van der Waals surface area contributed by atoms with Crippen LogP contribution in [0.3, 0.4) is 0 Å². The molecular formula is C21H19NOS2. The average Bonchev–Trinajstić information content (AvgIpc) is 2.65. The number of hydrogen-bond acceptors (Lipinski definition) is 3. The average molecular weight is 366 g/mol. The lowest BCUT2D eigenvalue weighted by atomic mass is 10.0. The van der Waals surface area contributed by atoms with E-state index in [1.807, 2.05) is 34.9 Å². The number of anilines is 1. The molecule has 0 saturated carbocycles. The number of aryl methyl sites for hydroxylation is 1. The monoisotopic (exact) mass is 365 g/mol. The minimum Gasteiger partial charge on any atom is -0.302 e. The lowest BCUT2D eigenvalue weighted by Gasteiger charge is -2.40. The first kappa shape index (κ1) is 16.6. The summed E-state index contributed by atoms with van der Waals surface area (Å²) in [6.07, 6.45) is 8.45. The summed E-state index contributed by atoms with van der Waals surface area (Å²) >= 11 is 3.44. The molecule has 2 aromatic rings. The Hall–Kier alpha value is -1.91. The SMILES string of the molecule is Cc1ccc(SCC(=O)N2c3ccccc3S[C@H]3C=CC=C[C@@H]32)cc1. The van der Waals surface area contributed by atoms with Crippen LogP contribution >= 0.6 is 23.5 Å². The molecular weight excluding hydrogens is 346 g/mol. The van der Waals surface area contributed by atoms with Gasteiger partial charge in [0.05, 0.1) is 22.7 Å². The number of fused-ring (bicyclic) bond motifs is 2. The van der Waals surface area contributed by atoms with Crippen molar-refractivity contribution in [3.63, 3.8) is 0 Å². The smallest absolute Gasteiger partial charge is 0.237 e. The van der Waals surface area contributed by atoms with Crippen molar-refractivity contribution < 1.29 is 4.79 Å². The van der Waals surface area contributed by atoms with Gasteiger partial charge in [-0.15, -0.1) is 23.5 Å². The molecule has 2 aromatic carbocycles. The van der Waals surface area contributed by atoms with E-state index in [4.69, 9.17) is 0 Å². The van der Waals surface area contributed by atoms with Gasteiger partial charge in [-0.1, -0.05) is 54.1 Å². The van der Waals surface area contributed by atoms with Crippen LogP contribution in [0.15, 0.2) is 82.6 Å². The Labute approximate surface area is 157 Å². The van der Waals surface area contributed by atoms with Crippen molar-refractivity contribution in [1.82, 2.24) is 0 Å². The zero-order chi connectivity index (χ0) is 17.2. The van der Waals surface area contributed by atoms with E-state index < -0.39 is 0 Å². The summed E-state index contributed by atoms with van der Waals surface area (Å²) in [5.41, 5.74) is 2.27. The Balaban J connectivity index is 1.58. The van der Waals surface area contributed by atoms with E-state index >= 15 is 0 Å². The fourth-order valence-corrected chi connectivity index (χ4v) is 5.15. The van der Waals surface area contributed by atoms with Crippen molar-refractivity contribution in [2.75, 3.05) is 10.7 Å². The highest BCUT2D eigenvalue weighted by atomic mass is 32.2. The maximum atomic E-state index is 13.1. The number of para-hydroxylation sites is 1. The number of rotatable bonds is 3. The zero-order valence-corrected chi connectivity index (χ0v) is 15.6. The summed E-state index contributed by atoms with van der Waals surface area (Å²) < 4.78 is 0. The molecule has 2 nitrogen and oxygen atoms in total. The summed E-state index contributed by atoms with van der Waals surface area (Å²) in [4.78, 5) is 17.4. The van der Waals surface area contributed by atoms with Gasteiger partial charge in [0.2, 0.25) is 5.91 Å². The Bertz CT molecular complexity index is 841. The zero-order valence-electron chi connectivity index (χ0n) is 14.0. The number of carbonyl (C=O) groups excluding carboxylic acids is 1. The molecule has 4 heteroatoms. The fourth-order valence-electron chi connectivity index (χ4n) is 3.13. The van der Waals surface area contributed by atoms with Gasteiger partial charge in [-0.25, -0.2) is 0 Å². The van der Waals surface area contributed by atoms with Crippen LogP contribution in [0.5, 0.6) is 0 Å². The Morgan fingerprint density at radius 1 is 1.08 bits per heavy atom. The Kier molecular flexibility index (Phi) is 4.73. The summed E-state index contributed by atoms with van der Waals surface area (Å²) in [6.45, 7) is 2.07. The molecule has 126 valence electrons. The highest BCUT2D eigenvalue weighted by Crippen LogP contribution is 2.43. The van der Waals surface area contributed by atoms with Crippen LogP contribution in [-0.4, -0.2) is 23.0 Å². The quantitative estimate of drug-likeness (QED) is 0.707. The number of amides is 1. The lowest BCUT2D eigenvalue weighted by Crippen LogP contribution is -2.48. The van der Waals surface area contributed by atoms with E-state index in [1.165, 1.54) is 10.5 Å². The standard InChI is InChI=1S/C21H19NOS2/c1-15-10-12-16(13-11-15)24-14-21(23)22-17-6-2-4-8-19(17)25-20-9-5-3-7-18(20)22/h2-13,17,19H,14H2,1H3/t17-,19-/m0/s1. The number of nitrogens with zero attached hydrogens (tertiary/aromatic N) is 1. The molecule has 1 aliphatic carbocycles. The predicted molar refractivity (Wildman–Crippen MR) is 108 cm³/mol. The number of hydrogen-bond donors (Lipinski definition) is 0. The van der Waals surface area contributed by atoms with Gasteiger partial charge in [0.1, 0.15) is 0 Å². The molecule has 0 bridgehead atoms. The first-order chi connectivity index (χ1) is 12.2. The van der Waals surface area contributed by atoms with Crippen molar-refractivity contribution in [2.45, 2.75) is 28.0 Å². The first-order valence-corrected chi connectivity index (χ1v) is 10.2. The molecule has 0 spiro atoms. The number of allylic oxidation sites excluding steroid dienone is 2. The van der Waals surface area contributed by atoms with Crippen molar-refractivity contribution in [1.29, 1.82) is 0 Å². The van der Waals surface area contributed by atoms with Gasteiger partial charge in [-0.2, -0.15) is 0 Å². The molecule has 2 aliphatic rings. The second-order valence-corrected chi connectivity index (χ2v) is 8.44. The summed E-state index contributed by atoms with van der Waals surface area (Å²) in [6, 6.07) is 16.6. The molecule has 1 heterocycles. The molecule has 0 radical (unpaired) electrons. The topological polar surface area (TPSA) is 20.3 Å². The third kappa shape index (κ3) is 3.42. The van der Waals surface area contributed by atoms with E-state index in [0.717, 1.165) is 10.6 Å². The number of thioether (sulfide) groups is 2. The van der Waals surface area contributed by atoms with Crippen molar-refractivity contribution in [3.8, 4) is 0 Å². The molecule has 2 atom stereocenters. The van der Waals surface area contributed by atoms with Crippen LogP contribution in [-0.2, 0) is 4.79 Å². The molecule has 25 heavy (non-hydrogen) atoms. The largest absolute Gasteiger partial charge is 0.302 e. The van der Waals surface area contributed by atoms with Gasteiger partial charge in [0, 0.05) is 9.79 Å². The van der Waals surface area contributed by atoms with Crippen LogP contribution in [0.2, 0.25) is 0 Å². The predicted octanol–water partition coefficient (Wildman–Crippen LogP) is 5.09. The third-order valence-electron chi connectivity index (χ3n) is 4.39. The van der Waals surface area contributed by atoms with E-state index in [2.05, 4.69) is 61.5 Å². The van der Waals surface area contributed by atoms with Gasteiger partial charge in [-0.3, -0.25) is 4.79 Å². The summed E-state index contributed by atoms with van der Waals surface area (Å²) in [5, 5.41) is 0.285. The number of benzene rings is 2. The van der Waals surface area contributed by atoms with Gasteiger partial charge < -0.3 is 4.90 Å². The molecule has 1 amide bonds. The maximum Gasteiger partial charge on any atom is 0.237 e. The normalized spacial score (nSPS) is 20.9. The minimum atomic E-state index is 0.0935. The molecule has 0 N–H and O–H groups in total. The fraction of sp³-hybridized carbons (Fsp3) is 0.190. The second-order valence-electron chi connectivity index (χ2n) is 6.18. The summed E-state index contributed by atoms with van der Waals surface area (Å²) in [5.74, 6) is 0.608. The highest BCUT2D eigenvalue weighted by molar-refractivity contribution is 8.00. The van der Waals surface area contributed by atoms with Crippen molar-refractivity contribution >= 4 is 35.1 Å². The van der Waals surface area contributed by atoms with Crippen LogP contribution < -0.4 is 4.90 Å². The first-order valence-electron chi connectivity index (χ1n) is 8.34. The molecule has 4 rings (SSSR count). The third-order valence-corrected chi connectivity index (χ3v) is 6.70. The van der Waals surface area contributed by atoms with Gasteiger partial charge in [-0.05, 0) is 31.2 Å². The van der Waals surface area contributed by atoms with E-state index in [0.29, 0.717) is 5.75 Å². The van der Waals surface area contributed by atoms with E-state index in [1.54, 1.807) is 11.8 Å². The molecule has 0 unspecified atom stereocenters. The Morgan fingerprint density at radius 3 is 2.68 bits per heavy atom. The summed E-state index contributed by atoms with van der Waals surface area (Å²) in [7, 11) is 0. The van der Waals surface area contributed by atoms with E-state index in [9.17, 15) is 4.79 Å². The van der Waals surface area contributed by atoms with Crippen LogP contribution in [0, 0.1) is 6.92 Å². The minimum absolute atomic E-state index is 0.0935. The van der Waals surface area contributed by atoms with E-state index in [-0.39, 0.29) is 17.2 Å². The van der Waals surface area contributed by atoms with Crippen molar-refractivity contribution in [2.24, 2.45) is 0 Å². The number of carbonyl (C=O) groups is 1. The highest BCUT2D eigenvalue weighted by Gasteiger charge is 2.36. The van der Waals surface area contributed by atoms with Gasteiger partial charge in [0.15, 0.2) is 0 Å². The van der Waals surface area contributed by atoms with Crippen LogP contribution in [0.25, 0.3) is 0 Å². The van der Waals surface area contributed by atoms with Crippen LogP contribution in [0.4, 0.5) is 5.69 Å². The van der Waals surface area contributed by atoms with Crippen LogP contribution in [0.1, 0.15) is 5.56 Å². The lowest BCUT2D eigenvalue weighted by molar-refractivity contribution is -0.116.